The van der Waals surface area contributed by atoms with Crippen LogP contribution in [-0.2, 0) is 52.4 Å². The Morgan fingerprint density at radius 3 is 1.09 bits per heavy atom. The van der Waals surface area contributed by atoms with Crippen LogP contribution in [0.1, 0.15) is 286 Å². The number of aliphatic hydroxyl groups excluding tert-OH is 3. The standard InChI is InChI=1S/C24H44O6.2C8H16O2.2C8H16O.C6H12.C3H8O3.CO.H2/c1-7-10-20(6)15-24(27)29-17-21(30-23(26)14-12-19(5)9-3)16-28-22(25)13-11-18(4)8-2;2*1-3-7(2)5-4-6-8(9)10;2*1-3-8(2)6-4-5-7-9;1-4-5-6(2)3;4-1-3(6)2-5;1-2;/h18-21H,7-17H2,1-6H3;2*7H,3-6H2,1-2H3,(H,9,10);2*7-8H,3-6H2,1-2H3;5H,4H2,1-3H3;3-6H,1-2H2;;1H. The largest absolute Gasteiger partial charge is 0 e. The zero-order valence-corrected chi connectivity index (χ0v) is 55.4. The van der Waals surface area contributed by atoms with Crippen molar-refractivity contribution in [1.29, 1.82) is 0 Å². The molecule has 490 valence electrons. The van der Waals surface area contributed by atoms with Gasteiger partial charge in [-0.2, -0.15) is 0 Å². The Morgan fingerprint density at radius 1 is 0.488 bits per heavy atom. The van der Waals surface area contributed by atoms with Crippen molar-refractivity contribution < 1.29 is 79.4 Å². The summed E-state index contributed by atoms with van der Waals surface area (Å²) < 4.78 is 23.6. The number of carboxylic acids is 2. The fourth-order valence-electron chi connectivity index (χ4n) is 6.47. The van der Waals surface area contributed by atoms with Crippen molar-refractivity contribution in [3.05, 3.63) is 18.3 Å². The van der Waals surface area contributed by atoms with Crippen LogP contribution in [0, 0.1) is 48.1 Å². The molecule has 0 aromatic heterocycles. The first-order valence-corrected chi connectivity index (χ1v) is 31.3. The zero-order chi connectivity index (χ0) is 65.1. The van der Waals surface area contributed by atoms with Crippen molar-refractivity contribution in [2.45, 2.75) is 297 Å². The Morgan fingerprint density at radius 2 is 0.817 bits per heavy atom. The Kier molecular flexibility index (Phi) is 86.4. The zero-order valence-electron chi connectivity index (χ0n) is 55.4. The maximum atomic E-state index is 12.2. The summed E-state index contributed by atoms with van der Waals surface area (Å²) in [5.74, 6) is 1.74. The molecule has 0 amide bonds. The van der Waals surface area contributed by atoms with Gasteiger partial charge in [0.05, 0.1) is 13.2 Å². The number of aliphatic carboxylic acids is 2. The minimum absolute atomic E-state index is 0. The van der Waals surface area contributed by atoms with Crippen LogP contribution in [0.2, 0.25) is 0 Å². The number of carboxylic acid groups (broad SMARTS) is 2. The molecule has 0 saturated heterocycles. The van der Waals surface area contributed by atoms with Gasteiger partial charge in [0.1, 0.15) is 31.9 Å². The van der Waals surface area contributed by atoms with Crippen LogP contribution >= 0.6 is 0 Å². The predicted octanol–water partition coefficient (Wildman–Crippen LogP) is 15.7. The second kappa shape index (κ2) is 75.1. The molecule has 0 aliphatic carbocycles. The Labute approximate surface area is 503 Å². The topological polar surface area (TPSA) is 268 Å². The molecule has 0 aliphatic heterocycles. The van der Waals surface area contributed by atoms with Crippen molar-refractivity contribution >= 4 is 42.4 Å². The summed E-state index contributed by atoms with van der Waals surface area (Å²) >= 11 is 0. The fraction of sp³-hybridized carbons (Fsp3) is 0.848. The van der Waals surface area contributed by atoms with Gasteiger partial charge in [0.15, 0.2) is 6.10 Å². The van der Waals surface area contributed by atoms with Gasteiger partial charge in [-0.3, -0.25) is 24.0 Å². The van der Waals surface area contributed by atoms with Gasteiger partial charge in [-0.1, -0.05) is 193 Å². The summed E-state index contributed by atoms with van der Waals surface area (Å²) in [5, 5.41) is 40.6. The monoisotopic (exact) mass is 1180 g/mol. The van der Waals surface area contributed by atoms with E-state index >= 15 is 0 Å². The van der Waals surface area contributed by atoms with E-state index in [0.29, 0.717) is 55.8 Å². The Bertz CT molecular complexity index is 1420. The predicted molar refractivity (Wildman–Crippen MR) is 334 cm³/mol. The van der Waals surface area contributed by atoms with E-state index in [-0.39, 0.29) is 51.7 Å². The summed E-state index contributed by atoms with van der Waals surface area (Å²) in [5.41, 5.74) is 1.41. The minimum Gasteiger partial charge on any atom is 0 e. The molecule has 0 fully saturated rings. The van der Waals surface area contributed by atoms with Crippen LogP contribution in [0.3, 0.4) is 0 Å². The van der Waals surface area contributed by atoms with Crippen LogP contribution in [-0.4, -0.2) is 107 Å². The number of carbonyl (C=O) groups excluding carboxylic acids is 5. The number of allylic oxidation sites excluding steroid dienone is 2. The number of hydrogen-bond donors (Lipinski definition) is 5. The minimum atomic E-state index is -0.954. The summed E-state index contributed by atoms with van der Waals surface area (Å²) in [6.45, 7) is 39.8. The first-order chi connectivity index (χ1) is 38.7. The molecule has 0 rings (SSSR count). The quantitative estimate of drug-likeness (QED) is 0.00726. The van der Waals surface area contributed by atoms with Gasteiger partial charge in [-0.25, -0.2) is 0 Å². The van der Waals surface area contributed by atoms with E-state index in [0.717, 1.165) is 127 Å². The molecule has 0 saturated carbocycles. The molecular weight excluding hydrogens is 1050 g/mol. The van der Waals surface area contributed by atoms with Crippen molar-refractivity contribution in [2.75, 3.05) is 26.4 Å². The third-order valence-corrected chi connectivity index (χ3v) is 13.6. The first kappa shape index (κ1) is 94.4. The van der Waals surface area contributed by atoms with E-state index in [1.807, 2.05) is 6.92 Å². The van der Waals surface area contributed by atoms with Gasteiger partial charge >= 0.3 is 41.1 Å². The van der Waals surface area contributed by atoms with Crippen LogP contribution < -0.4 is 0 Å². The number of hydrogen-bond acceptors (Lipinski definition) is 13. The SMILES string of the molecule is CCC(C)CCCC(=O)O.CCC(C)CCCC(=O)O.CCC(C)CCCC=O.CCC(C)CCCC=O.CCC=C(C)C.CCCC(C)CC(=O)OCC(COC(=O)CCC(C)CC)OC(=O)CCC(C)CC.OCC(O)CO.[C-]#[O+].[HH]. The van der Waals surface area contributed by atoms with Crippen LogP contribution in [0.4, 0.5) is 0 Å². The average Bonchev–Trinajstić information content (AvgIpc) is 3.45. The molecule has 0 aliphatic rings. The maximum Gasteiger partial charge on any atom is 0 e. The van der Waals surface area contributed by atoms with E-state index < -0.39 is 24.1 Å². The van der Waals surface area contributed by atoms with Gasteiger partial charge in [0, 0.05) is 46.4 Å². The van der Waals surface area contributed by atoms with E-state index in [2.05, 4.69) is 124 Å². The Balaban J connectivity index is -0.000000122. The number of esters is 3. The molecule has 0 aromatic rings. The van der Waals surface area contributed by atoms with Gasteiger partial charge in [0.25, 0.3) is 0 Å². The molecule has 0 radical (unpaired) electrons. The fourth-order valence-corrected chi connectivity index (χ4v) is 6.47. The molecule has 5 N–H and O–H groups in total. The van der Waals surface area contributed by atoms with E-state index in [9.17, 15) is 33.6 Å². The van der Waals surface area contributed by atoms with Crippen molar-refractivity contribution in [2.24, 2.45) is 41.4 Å². The van der Waals surface area contributed by atoms with Crippen molar-refractivity contribution in [3.8, 4) is 0 Å². The molecule has 82 heavy (non-hydrogen) atoms. The number of ether oxygens (including phenoxy) is 3. The molecular formula is C66H130O16. The molecule has 0 heterocycles. The summed E-state index contributed by atoms with van der Waals surface area (Å²) in [6.07, 6.45) is 25.3. The number of aliphatic hydroxyl groups is 3. The molecule has 0 aromatic carbocycles. The average molecular weight is 1180 g/mol. The maximum absolute atomic E-state index is 12.2. The molecule has 8 unspecified atom stereocenters. The first-order valence-electron chi connectivity index (χ1n) is 31.3. The van der Waals surface area contributed by atoms with Gasteiger partial charge < -0.3 is 49.3 Å². The smallest absolute Gasteiger partial charge is 0 e. The molecule has 8 atom stereocenters. The third kappa shape index (κ3) is 92.5. The van der Waals surface area contributed by atoms with E-state index in [4.69, 9.17) is 44.4 Å². The molecule has 16 heteroatoms. The molecule has 16 nitrogen and oxygen atoms in total. The normalized spacial score (nSPS) is 12.9. The van der Waals surface area contributed by atoms with Gasteiger partial charge in [-0.05, 0) is 100 Å². The van der Waals surface area contributed by atoms with Crippen molar-refractivity contribution in [3.63, 3.8) is 0 Å². The number of carbonyl (C=O) groups is 7. The van der Waals surface area contributed by atoms with Crippen LogP contribution in [0.5, 0.6) is 0 Å². The number of rotatable bonds is 40. The molecule has 0 bridgehead atoms. The van der Waals surface area contributed by atoms with Crippen molar-refractivity contribution in [1.82, 2.24) is 0 Å². The number of aldehydes is 2. The summed E-state index contributed by atoms with van der Waals surface area (Å²) in [4.78, 5) is 76.1. The Hall–Kier alpha value is -3.95. The van der Waals surface area contributed by atoms with Gasteiger partial charge in [-0.15, -0.1) is 0 Å². The van der Waals surface area contributed by atoms with E-state index in [1.165, 1.54) is 37.7 Å². The van der Waals surface area contributed by atoms with Crippen LogP contribution in [0.25, 0.3) is 0 Å². The van der Waals surface area contributed by atoms with Gasteiger partial charge in [0.2, 0.25) is 0 Å². The van der Waals surface area contributed by atoms with Crippen LogP contribution in [0.15, 0.2) is 11.6 Å². The van der Waals surface area contributed by atoms with E-state index in [1.54, 1.807) is 0 Å². The second-order valence-electron chi connectivity index (χ2n) is 22.2. The third-order valence-electron chi connectivity index (χ3n) is 13.6. The summed E-state index contributed by atoms with van der Waals surface area (Å²) in [7, 11) is 0. The summed E-state index contributed by atoms with van der Waals surface area (Å²) in [6, 6.07) is 0. The molecule has 0 spiro atoms. The second-order valence-corrected chi connectivity index (χ2v) is 22.2. The number of unbranched alkanes of at least 4 members (excludes halogenated alkanes) is 2.